The van der Waals surface area contributed by atoms with Crippen LogP contribution in [-0.2, 0) is 26.9 Å². The fourth-order valence-corrected chi connectivity index (χ4v) is 3.69. The molecule has 2 aromatic rings. The smallest absolute Gasteiger partial charge is 0.491 e. The lowest BCUT2D eigenvalue weighted by molar-refractivity contribution is 0.275. The van der Waals surface area contributed by atoms with Crippen LogP contribution in [0.4, 0.5) is 4.39 Å². The molecule has 5 nitrogen and oxygen atoms in total. The molecule has 0 aliphatic carbocycles. The Morgan fingerprint density at radius 3 is 2.73 bits per heavy atom. The average Bonchev–Trinajstić information content (AvgIpc) is 2.83. The van der Waals surface area contributed by atoms with E-state index in [0.29, 0.717) is 11.0 Å². The van der Waals surface area contributed by atoms with Gasteiger partial charge in [-0.1, -0.05) is 18.2 Å². The van der Waals surface area contributed by atoms with Crippen molar-refractivity contribution < 1.29 is 27.6 Å². The molecule has 0 amide bonds. The summed E-state index contributed by atoms with van der Waals surface area (Å²) in [6, 6.07) is 7.82. The van der Waals surface area contributed by atoms with Gasteiger partial charge in [-0.3, -0.25) is 0 Å². The maximum Gasteiger partial charge on any atom is 0.491 e. The Labute approximate surface area is 127 Å². The highest BCUT2D eigenvalue weighted by molar-refractivity contribution is 7.90. The lowest BCUT2D eigenvalue weighted by Gasteiger charge is -2.07. The fourth-order valence-electron chi connectivity index (χ4n) is 2.34. The first-order valence-corrected chi connectivity index (χ1v) is 8.15. The van der Waals surface area contributed by atoms with Crippen LogP contribution in [0.15, 0.2) is 41.3 Å². The van der Waals surface area contributed by atoms with Crippen LogP contribution in [0.1, 0.15) is 11.1 Å². The predicted octanol–water partition coefficient (Wildman–Crippen LogP) is 0.723. The van der Waals surface area contributed by atoms with Gasteiger partial charge in [-0.25, -0.2) is 12.8 Å². The predicted molar refractivity (Wildman–Crippen MR) is 77.8 cm³/mol. The van der Waals surface area contributed by atoms with Crippen molar-refractivity contribution in [1.29, 1.82) is 0 Å². The Morgan fingerprint density at radius 2 is 2.00 bits per heavy atom. The van der Waals surface area contributed by atoms with Gasteiger partial charge in [0.15, 0.2) is 21.4 Å². The third kappa shape index (κ3) is 2.72. The van der Waals surface area contributed by atoms with Gasteiger partial charge in [0, 0.05) is 6.07 Å². The summed E-state index contributed by atoms with van der Waals surface area (Å²) in [6.07, 6.45) is 0. The molecule has 0 bridgehead atoms. The summed E-state index contributed by atoms with van der Waals surface area (Å²) in [7, 11) is -4.79. The fraction of sp³-hybridized carbons (Fsp3) is 0.143. The monoisotopic (exact) mass is 322 g/mol. The molecule has 0 aromatic heterocycles. The largest absolute Gasteiger partial charge is 0.505 e. The summed E-state index contributed by atoms with van der Waals surface area (Å²) in [4.78, 5) is -0.163. The zero-order valence-electron chi connectivity index (χ0n) is 11.4. The second-order valence-corrected chi connectivity index (χ2v) is 7.06. The van der Waals surface area contributed by atoms with Crippen molar-refractivity contribution >= 4 is 22.4 Å². The lowest BCUT2D eigenvalue weighted by Crippen LogP contribution is -2.28. The van der Waals surface area contributed by atoms with E-state index in [1.807, 2.05) is 0 Å². The van der Waals surface area contributed by atoms with Gasteiger partial charge in [-0.2, -0.15) is 0 Å². The Balaban J connectivity index is 1.91. The van der Waals surface area contributed by atoms with Crippen LogP contribution in [0.5, 0.6) is 5.75 Å². The van der Waals surface area contributed by atoms with E-state index < -0.39 is 28.5 Å². The van der Waals surface area contributed by atoms with Crippen molar-refractivity contribution in [3.05, 3.63) is 53.3 Å². The minimum atomic E-state index is -3.74. The number of hydrogen-bond acceptors (Lipinski definition) is 5. The van der Waals surface area contributed by atoms with Gasteiger partial charge in [0.1, 0.15) is 0 Å². The van der Waals surface area contributed by atoms with Crippen LogP contribution < -0.4 is 5.46 Å². The van der Waals surface area contributed by atoms with Crippen molar-refractivity contribution in [2.24, 2.45) is 0 Å². The Morgan fingerprint density at radius 1 is 1.23 bits per heavy atom. The molecule has 22 heavy (non-hydrogen) atoms. The van der Waals surface area contributed by atoms with E-state index in [2.05, 4.69) is 0 Å². The maximum atomic E-state index is 13.0. The van der Waals surface area contributed by atoms with E-state index >= 15 is 0 Å². The van der Waals surface area contributed by atoms with E-state index in [-0.39, 0.29) is 17.3 Å². The molecule has 0 spiro atoms. The number of phenols is 1. The number of aromatic hydroxyl groups is 1. The third-order valence-corrected chi connectivity index (χ3v) is 5.19. The molecule has 0 saturated carbocycles. The zero-order valence-corrected chi connectivity index (χ0v) is 12.2. The van der Waals surface area contributed by atoms with Crippen molar-refractivity contribution in [2.45, 2.75) is 17.3 Å². The van der Waals surface area contributed by atoms with E-state index in [9.17, 15) is 22.9 Å². The van der Waals surface area contributed by atoms with Gasteiger partial charge in [-0.15, -0.1) is 0 Å². The normalized spacial score (nSPS) is 14.2. The molecule has 0 radical (unpaired) electrons. The summed E-state index contributed by atoms with van der Waals surface area (Å²) in [6.45, 7) is 0.287. The molecule has 0 atom stereocenters. The highest BCUT2D eigenvalue weighted by atomic mass is 32.2. The molecule has 1 aliphatic heterocycles. The van der Waals surface area contributed by atoms with Gasteiger partial charge < -0.3 is 14.8 Å². The number of fused-ring (bicyclic) bond motifs is 1. The van der Waals surface area contributed by atoms with Crippen molar-refractivity contribution in [3.8, 4) is 5.75 Å². The average molecular weight is 322 g/mol. The zero-order chi connectivity index (χ0) is 15.9. The van der Waals surface area contributed by atoms with Crippen LogP contribution >= 0.6 is 0 Å². The van der Waals surface area contributed by atoms with Gasteiger partial charge in [0.25, 0.3) is 0 Å². The molecule has 114 valence electrons. The highest BCUT2D eigenvalue weighted by Crippen LogP contribution is 2.23. The first-order chi connectivity index (χ1) is 10.4. The number of phenolic OH excluding ortho intramolecular Hbond substituents is 1. The van der Waals surface area contributed by atoms with Gasteiger partial charge in [-0.05, 0) is 28.7 Å². The molecule has 2 N–H and O–H groups in total. The number of hydrogen-bond donors (Lipinski definition) is 2. The first-order valence-electron chi connectivity index (χ1n) is 6.49. The van der Waals surface area contributed by atoms with E-state index in [1.165, 1.54) is 0 Å². The highest BCUT2D eigenvalue weighted by Gasteiger charge is 2.28. The Hall–Kier alpha value is -1.90. The van der Waals surface area contributed by atoms with Crippen molar-refractivity contribution in [2.75, 3.05) is 0 Å². The second-order valence-electron chi connectivity index (χ2n) is 5.07. The molecule has 2 aromatic carbocycles. The minimum Gasteiger partial charge on any atom is -0.505 e. The molecule has 3 rings (SSSR count). The number of benzene rings is 2. The summed E-state index contributed by atoms with van der Waals surface area (Å²) < 4.78 is 42.7. The molecular formula is C14H12BFO5S. The Kier molecular flexibility index (Phi) is 3.68. The topological polar surface area (TPSA) is 83.8 Å². The van der Waals surface area contributed by atoms with Crippen LogP contribution in [0, 0.1) is 5.82 Å². The summed E-state index contributed by atoms with van der Waals surface area (Å²) in [5, 5.41) is 18.9. The lowest BCUT2D eigenvalue weighted by atomic mass is 9.79. The number of halogens is 1. The van der Waals surface area contributed by atoms with Crippen molar-refractivity contribution in [1.82, 2.24) is 0 Å². The van der Waals surface area contributed by atoms with Crippen LogP contribution in [0.25, 0.3) is 0 Å². The molecular weight excluding hydrogens is 310 g/mol. The molecule has 0 fully saturated rings. The Bertz CT molecular complexity index is 837. The molecule has 8 heteroatoms. The molecule has 0 unspecified atom stereocenters. The van der Waals surface area contributed by atoms with Crippen LogP contribution in [-0.4, -0.2) is 25.7 Å². The molecule has 1 aliphatic rings. The maximum absolute atomic E-state index is 13.0. The van der Waals surface area contributed by atoms with E-state index in [4.69, 9.17) is 4.65 Å². The summed E-state index contributed by atoms with van der Waals surface area (Å²) in [5.74, 6) is -1.91. The summed E-state index contributed by atoms with van der Waals surface area (Å²) >= 11 is 0. The van der Waals surface area contributed by atoms with Crippen LogP contribution in [0.2, 0.25) is 0 Å². The summed E-state index contributed by atoms with van der Waals surface area (Å²) in [5.41, 5.74) is 1.84. The number of rotatable bonds is 3. The van der Waals surface area contributed by atoms with Crippen LogP contribution in [0.3, 0.4) is 0 Å². The first kappa shape index (κ1) is 15.0. The van der Waals surface area contributed by atoms with Gasteiger partial charge in [0.05, 0.1) is 17.3 Å². The van der Waals surface area contributed by atoms with E-state index in [0.717, 1.165) is 23.8 Å². The third-order valence-electron chi connectivity index (χ3n) is 3.51. The number of sulfone groups is 1. The standard InChI is InChI=1S/C14H12BFO5S/c16-13-4-3-11(6-14(13)17)22(19,20)8-9-1-2-10-7-21-15(18)12(10)5-9/h1-6,17-18H,7-8H2. The van der Waals surface area contributed by atoms with E-state index in [1.54, 1.807) is 18.2 Å². The minimum absolute atomic E-state index is 0.163. The second kappa shape index (κ2) is 5.38. The SMILES string of the molecule is O=S(=O)(Cc1ccc2c(c1)B(O)OC2)c1ccc(F)c(O)c1. The van der Waals surface area contributed by atoms with Gasteiger partial charge >= 0.3 is 7.12 Å². The molecule has 0 saturated heterocycles. The quantitative estimate of drug-likeness (QED) is 0.643. The van der Waals surface area contributed by atoms with Gasteiger partial charge in [0.2, 0.25) is 0 Å². The molecule has 1 heterocycles. The van der Waals surface area contributed by atoms with Crippen molar-refractivity contribution in [3.63, 3.8) is 0 Å².